The zero-order valence-corrected chi connectivity index (χ0v) is 11.7. The van der Waals surface area contributed by atoms with Gasteiger partial charge in [-0.2, -0.15) is 0 Å². The molecule has 0 fully saturated rings. The molecule has 6 nitrogen and oxygen atoms in total. The van der Waals surface area contributed by atoms with Crippen LogP contribution in [0.2, 0.25) is 0 Å². The van der Waals surface area contributed by atoms with Crippen LogP contribution in [-0.2, 0) is 4.79 Å². The second-order valence-corrected chi connectivity index (χ2v) is 4.74. The number of H-pyrrole nitrogens is 1. The molecular formula is C13H13F3N4O2. The minimum Gasteiger partial charge on any atom is -0.406 e. The Morgan fingerprint density at radius 1 is 1.23 bits per heavy atom. The molecule has 0 radical (unpaired) electrons. The Bertz CT molecular complexity index is 650. The van der Waals surface area contributed by atoms with E-state index in [4.69, 9.17) is 0 Å². The van der Waals surface area contributed by atoms with Crippen molar-refractivity contribution in [2.24, 2.45) is 5.92 Å². The van der Waals surface area contributed by atoms with Crippen LogP contribution in [0.3, 0.4) is 0 Å². The lowest BCUT2D eigenvalue weighted by molar-refractivity contribution is -0.274. The highest BCUT2D eigenvalue weighted by Gasteiger charge is 2.31. The third kappa shape index (κ3) is 4.21. The van der Waals surface area contributed by atoms with Crippen molar-refractivity contribution >= 4 is 11.9 Å². The van der Waals surface area contributed by atoms with E-state index in [0.717, 1.165) is 12.1 Å². The number of carbonyl (C=O) groups excluding carboxylic acids is 1. The monoisotopic (exact) mass is 314 g/mol. The summed E-state index contributed by atoms with van der Waals surface area (Å²) in [4.78, 5) is 14.3. The number of halogens is 3. The van der Waals surface area contributed by atoms with E-state index in [1.54, 1.807) is 13.8 Å². The van der Waals surface area contributed by atoms with Crippen LogP contribution in [0.4, 0.5) is 19.1 Å². The summed E-state index contributed by atoms with van der Waals surface area (Å²) >= 11 is 0. The molecular weight excluding hydrogens is 301 g/mol. The fourth-order valence-corrected chi connectivity index (χ4v) is 1.52. The van der Waals surface area contributed by atoms with Gasteiger partial charge in [0.1, 0.15) is 5.75 Å². The lowest BCUT2D eigenvalue weighted by Gasteiger charge is -2.08. The molecule has 0 atom stereocenters. The van der Waals surface area contributed by atoms with Gasteiger partial charge in [-0.25, -0.2) is 0 Å². The molecule has 0 saturated carbocycles. The van der Waals surface area contributed by atoms with Gasteiger partial charge >= 0.3 is 6.36 Å². The summed E-state index contributed by atoms with van der Waals surface area (Å²) in [6, 6.07) is 5.13. The number of rotatable bonds is 4. The maximum atomic E-state index is 12.1. The molecule has 0 aliphatic carbocycles. The first-order valence-corrected chi connectivity index (χ1v) is 6.34. The van der Waals surface area contributed by atoms with Crippen molar-refractivity contribution < 1.29 is 22.7 Å². The van der Waals surface area contributed by atoms with Gasteiger partial charge in [-0.1, -0.05) is 13.8 Å². The number of carbonyl (C=O) groups is 1. The molecule has 2 rings (SSSR count). The molecule has 0 spiro atoms. The highest BCUT2D eigenvalue weighted by atomic mass is 19.4. The molecule has 0 unspecified atom stereocenters. The van der Waals surface area contributed by atoms with E-state index in [2.05, 4.69) is 25.2 Å². The fourth-order valence-electron chi connectivity index (χ4n) is 1.52. The first kappa shape index (κ1) is 15.8. The Morgan fingerprint density at radius 2 is 1.86 bits per heavy atom. The Morgan fingerprint density at radius 3 is 2.41 bits per heavy atom. The van der Waals surface area contributed by atoms with Crippen molar-refractivity contribution in [2.75, 3.05) is 5.32 Å². The third-order valence-electron chi connectivity index (χ3n) is 2.61. The van der Waals surface area contributed by atoms with Crippen LogP contribution >= 0.6 is 0 Å². The number of nitrogens with zero attached hydrogens (tertiary/aromatic N) is 2. The Hall–Kier alpha value is -2.58. The van der Waals surface area contributed by atoms with Crippen molar-refractivity contribution in [3.05, 3.63) is 24.3 Å². The van der Waals surface area contributed by atoms with Gasteiger partial charge in [-0.15, -0.1) is 23.4 Å². The number of ether oxygens (including phenoxy) is 1. The Kier molecular flexibility index (Phi) is 4.34. The predicted octanol–water partition coefficient (Wildman–Crippen LogP) is 2.96. The van der Waals surface area contributed by atoms with E-state index in [9.17, 15) is 18.0 Å². The van der Waals surface area contributed by atoms with E-state index in [0.29, 0.717) is 11.4 Å². The smallest absolute Gasteiger partial charge is 0.406 e. The maximum absolute atomic E-state index is 12.1. The van der Waals surface area contributed by atoms with Crippen LogP contribution in [0, 0.1) is 5.92 Å². The lowest BCUT2D eigenvalue weighted by Crippen LogP contribution is -2.18. The fraction of sp³-hybridized carbons (Fsp3) is 0.308. The number of aromatic nitrogens is 3. The minimum atomic E-state index is -4.73. The highest BCUT2D eigenvalue weighted by molar-refractivity contribution is 5.90. The molecule has 9 heteroatoms. The number of aromatic amines is 1. The second kappa shape index (κ2) is 6.04. The molecule has 1 aromatic heterocycles. The summed E-state index contributed by atoms with van der Waals surface area (Å²) in [6.07, 6.45) is -4.73. The largest absolute Gasteiger partial charge is 0.573 e. The molecule has 22 heavy (non-hydrogen) atoms. The summed E-state index contributed by atoms with van der Waals surface area (Å²) in [5, 5.41) is 10.1. The SMILES string of the molecule is CC(C)C(=O)Nc1nnc(-c2ccc(OC(F)(F)F)cc2)[nH]1. The van der Waals surface area contributed by atoms with Crippen molar-refractivity contribution in [1.29, 1.82) is 0 Å². The number of nitrogens with one attached hydrogen (secondary N) is 2. The van der Waals surface area contributed by atoms with E-state index in [1.165, 1.54) is 12.1 Å². The van der Waals surface area contributed by atoms with E-state index < -0.39 is 6.36 Å². The predicted molar refractivity (Wildman–Crippen MR) is 72.0 cm³/mol. The summed E-state index contributed by atoms with van der Waals surface area (Å²) in [5.41, 5.74) is 0.507. The van der Waals surface area contributed by atoms with Crippen molar-refractivity contribution in [2.45, 2.75) is 20.2 Å². The molecule has 0 bridgehead atoms. The van der Waals surface area contributed by atoms with Gasteiger partial charge in [0.15, 0.2) is 5.82 Å². The maximum Gasteiger partial charge on any atom is 0.573 e. The number of amides is 1. The molecule has 1 amide bonds. The molecule has 0 saturated heterocycles. The number of alkyl halides is 3. The zero-order chi connectivity index (χ0) is 16.3. The highest BCUT2D eigenvalue weighted by Crippen LogP contribution is 2.25. The molecule has 2 aromatic rings. The average Bonchev–Trinajstić information content (AvgIpc) is 2.86. The standard InChI is InChI=1S/C13H13F3N4O2/c1-7(2)11(21)18-12-17-10(19-20-12)8-3-5-9(6-4-8)22-13(14,15)16/h3-7H,1-2H3,(H2,17,18,19,20,21). The van der Waals surface area contributed by atoms with Crippen molar-refractivity contribution in [3.8, 4) is 17.1 Å². The summed E-state index contributed by atoms with van der Waals surface area (Å²) in [5.74, 6) is -0.282. The van der Waals surface area contributed by atoms with Gasteiger partial charge in [0.05, 0.1) is 0 Å². The zero-order valence-electron chi connectivity index (χ0n) is 11.7. The molecule has 2 N–H and O–H groups in total. The molecule has 0 aliphatic rings. The summed E-state index contributed by atoms with van der Waals surface area (Å²) in [7, 11) is 0. The second-order valence-electron chi connectivity index (χ2n) is 4.74. The summed E-state index contributed by atoms with van der Waals surface area (Å²) < 4.78 is 40.0. The number of hydrogen-bond donors (Lipinski definition) is 2. The van der Waals surface area contributed by atoms with Crippen molar-refractivity contribution in [1.82, 2.24) is 15.2 Å². The quantitative estimate of drug-likeness (QED) is 0.909. The number of benzene rings is 1. The minimum absolute atomic E-state index is 0.171. The van der Waals surface area contributed by atoms with Gasteiger partial charge in [0.2, 0.25) is 11.9 Å². The first-order chi connectivity index (χ1) is 10.2. The van der Waals surface area contributed by atoms with E-state index >= 15 is 0 Å². The van der Waals surface area contributed by atoms with Crippen LogP contribution in [0.5, 0.6) is 5.75 Å². The number of hydrogen-bond acceptors (Lipinski definition) is 4. The number of anilines is 1. The molecule has 1 heterocycles. The van der Waals surface area contributed by atoms with Crippen LogP contribution in [-0.4, -0.2) is 27.5 Å². The van der Waals surface area contributed by atoms with Gasteiger partial charge in [0, 0.05) is 11.5 Å². The molecule has 0 aliphatic heterocycles. The van der Waals surface area contributed by atoms with Crippen LogP contribution in [0.25, 0.3) is 11.4 Å². The van der Waals surface area contributed by atoms with Crippen molar-refractivity contribution in [3.63, 3.8) is 0 Å². The molecule has 118 valence electrons. The average molecular weight is 314 g/mol. The van der Waals surface area contributed by atoms with Crippen LogP contribution in [0.15, 0.2) is 24.3 Å². The van der Waals surface area contributed by atoms with Crippen LogP contribution < -0.4 is 10.1 Å². The Labute approximate surface area is 123 Å². The summed E-state index contributed by atoms with van der Waals surface area (Å²) in [6.45, 7) is 3.46. The van der Waals surface area contributed by atoms with Gasteiger partial charge in [0.25, 0.3) is 0 Å². The topological polar surface area (TPSA) is 79.9 Å². The lowest BCUT2D eigenvalue weighted by atomic mass is 10.2. The van der Waals surface area contributed by atoms with Gasteiger partial charge in [-0.05, 0) is 24.3 Å². The van der Waals surface area contributed by atoms with E-state index in [-0.39, 0.29) is 23.5 Å². The van der Waals surface area contributed by atoms with Gasteiger partial charge in [-0.3, -0.25) is 10.1 Å². The van der Waals surface area contributed by atoms with Gasteiger partial charge < -0.3 is 9.72 Å². The normalized spacial score (nSPS) is 11.5. The molecule has 1 aromatic carbocycles. The first-order valence-electron chi connectivity index (χ1n) is 6.34. The third-order valence-corrected chi connectivity index (χ3v) is 2.61. The van der Waals surface area contributed by atoms with E-state index in [1.807, 2.05) is 0 Å². The Balaban J connectivity index is 2.09. The van der Waals surface area contributed by atoms with Crippen LogP contribution in [0.1, 0.15) is 13.8 Å².